The highest BCUT2D eigenvalue weighted by Crippen LogP contribution is 2.28. The van der Waals surface area contributed by atoms with Crippen molar-refractivity contribution < 1.29 is 9.53 Å². The molecule has 1 aromatic heterocycles. The summed E-state index contributed by atoms with van der Waals surface area (Å²) in [5, 5.41) is 1.96. The lowest BCUT2D eigenvalue weighted by Gasteiger charge is -1.93. The van der Waals surface area contributed by atoms with Crippen molar-refractivity contribution in [3.8, 4) is 0 Å². The molecule has 0 radical (unpaired) electrons. The third-order valence-corrected chi connectivity index (χ3v) is 2.71. The predicted octanol–water partition coefficient (Wildman–Crippen LogP) is 3.10. The van der Waals surface area contributed by atoms with Gasteiger partial charge in [-0.15, -0.1) is 11.3 Å². The lowest BCUT2D eigenvalue weighted by atomic mass is 10.1. The van der Waals surface area contributed by atoms with E-state index >= 15 is 0 Å². The Morgan fingerprint density at radius 3 is 2.57 bits per heavy atom. The van der Waals surface area contributed by atoms with Crippen molar-refractivity contribution in [3.63, 3.8) is 0 Å². The number of thiophene rings is 1. The molecule has 2 nitrogen and oxygen atoms in total. The minimum atomic E-state index is -0.185. The summed E-state index contributed by atoms with van der Waals surface area (Å²) in [5.41, 5.74) is 1.78. The molecule has 0 spiro atoms. The van der Waals surface area contributed by atoms with Gasteiger partial charge in [0.05, 0.1) is 5.57 Å². The zero-order chi connectivity index (χ0) is 10.6. The molecule has 2 heterocycles. The average Bonchev–Trinajstić information content (AvgIpc) is 2.80. The number of hydrogen-bond donors (Lipinski definition) is 0. The van der Waals surface area contributed by atoms with Crippen LogP contribution in [-0.2, 0) is 9.53 Å². The molecule has 0 aromatic carbocycles. The molecule has 0 amide bonds. The van der Waals surface area contributed by atoms with Crippen LogP contribution in [-0.4, -0.2) is 12.6 Å². The van der Waals surface area contributed by atoms with E-state index in [-0.39, 0.29) is 5.97 Å². The van der Waals surface area contributed by atoms with Gasteiger partial charge in [-0.1, -0.05) is 19.9 Å². The Labute approximate surface area is 88.2 Å². The van der Waals surface area contributed by atoms with Crippen molar-refractivity contribution in [2.24, 2.45) is 0 Å². The van der Waals surface area contributed by atoms with E-state index in [1.807, 2.05) is 38.3 Å². The molecule has 0 bridgehead atoms. The van der Waals surface area contributed by atoms with Gasteiger partial charge >= 0.3 is 5.97 Å². The fourth-order valence-corrected chi connectivity index (χ4v) is 2.06. The lowest BCUT2D eigenvalue weighted by molar-refractivity contribution is -0.134. The average molecular weight is 210 g/mol. The molecular weight excluding hydrogens is 196 g/mol. The Balaban J connectivity index is 0.000000461. The molecule has 14 heavy (non-hydrogen) atoms. The molecule has 0 fully saturated rings. The van der Waals surface area contributed by atoms with Crippen molar-refractivity contribution in [3.05, 3.63) is 28.0 Å². The monoisotopic (exact) mass is 210 g/mol. The van der Waals surface area contributed by atoms with Gasteiger partial charge in [-0.3, -0.25) is 0 Å². The summed E-state index contributed by atoms with van der Waals surface area (Å²) in [4.78, 5) is 12.2. The molecular formula is C11H14O2S. The van der Waals surface area contributed by atoms with E-state index in [0.717, 1.165) is 16.0 Å². The summed E-state index contributed by atoms with van der Waals surface area (Å²) in [6.45, 7) is 6.38. The summed E-state index contributed by atoms with van der Waals surface area (Å²) in [6, 6.07) is 3.88. The van der Waals surface area contributed by atoms with Crippen LogP contribution in [0, 0.1) is 0 Å². The Hall–Kier alpha value is -1.09. The minimum absolute atomic E-state index is 0.185. The van der Waals surface area contributed by atoms with Crippen LogP contribution < -0.4 is 0 Å². The van der Waals surface area contributed by atoms with Gasteiger partial charge in [0.25, 0.3) is 0 Å². The van der Waals surface area contributed by atoms with Gasteiger partial charge in [0, 0.05) is 4.88 Å². The highest BCUT2D eigenvalue weighted by molar-refractivity contribution is 7.11. The molecule has 0 saturated carbocycles. The number of rotatable bonds is 1. The standard InChI is InChI=1S/C9H8O2S.C2H6/c1-6-5-11-9(10)8(6)7-3-2-4-12-7;1-2/h2-4H,5H2,1H3;1-2H3. The van der Waals surface area contributed by atoms with Gasteiger partial charge < -0.3 is 4.74 Å². The van der Waals surface area contributed by atoms with E-state index < -0.39 is 0 Å². The smallest absolute Gasteiger partial charge is 0.339 e. The van der Waals surface area contributed by atoms with E-state index in [4.69, 9.17) is 4.74 Å². The maximum absolute atomic E-state index is 11.2. The highest BCUT2D eigenvalue weighted by atomic mass is 32.1. The van der Waals surface area contributed by atoms with E-state index in [0.29, 0.717) is 6.61 Å². The van der Waals surface area contributed by atoms with Gasteiger partial charge in [-0.25, -0.2) is 4.79 Å². The van der Waals surface area contributed by atoms with E-state index in [1.165, 1.54) is 0 Å². The first-order chi connectivity index (χ1) is 6.79. The predicted molar refractivity (Wildman–Crippen MR) is 59.2 cm³/mol. The van der Waals surface area contributed by atoms with Gasteiger partial charge in [0.15, 0.2) is 0 Å². The third-order valence-electron chi connectivity index (χ3n) is 1.82. The maximum Gasteiger partial charge on any atom is 0.339 e. The summed E-state index contributed by atoms with van der Waals surface area (Å²) >= 11 is 1.57. The molecule has 0 N–H and O–H groups in total. The Kier molecular flexibility index (Phi) is 3.89. The van der Waals surface area contributed by atoms with Crippen molar-refractivity contribution in [1.29, 1.82) is 0 Å². The highest BCUT2D eigenvalue weighted by Gasteiger charge is 2.23. The largest absolute Gasteiger partial charge is 0.458 e. The number of carbonyl (C=O) groups is 1. The molecule has 0 unspecified atom stereocenters. The van der Waals surface area contributed by atoms with Gasteiger partial charge in [0.1, 0.15) is 6.61 Å². The first kappa shape index (κ1) is 11.0. The van der Waals surface area contributed by atoms with Gasteiger partial charge in [-0.2, -0.15) is 0 Å². The van der Waals surface area contributed by atoms with Crippen LogP contribution in [0.3, 0.4) is 0 Å². The number of ether oxygens (including phenoxy) is 1. The van der Waals surface area contributed by atoms with Crippen molar-refractivity contribution in [1.82, 2.24) is 0 Å². The zero-order valence-electron chi connectivity index (χ0n) is 8.66. The Morgan fingerprint density at radius 2 is 2.14 bits per heavy atom. The van der Waals surface area contributed by atoms with Crippen LogP contribution >= 0.6 is 11.3 Å². The van der Waals surface area contributed by atoms with E-state index in [9.17, 15) is 4.79 Å². The molecule has 0 aliphatic carbocycles. The van der Waals surface area contributed by atoms with Crippen molar-refractivity contribution in [2.45, 2.75) is 20.8 Å². The molecule has 0 atom stereocenters. The minimum Gasteiger partial charge on any atom is -0.458 e. The van der Waals surface area contributed by atoms with Crippen LogP contribution in [0.1, 0.15) is 25.6 Å². The van der Waals surface area contributed by atoms with Crippen LogP contribution in [0.2, 0.25) is 0 Å². The summed E-state index contributed by atoms with van der Waals surface area (Å²) < 4.78 is 4.90. The molecule has 3 heteroatoms. The quantitative estimate of drug-likeness (QED) is 0.666. The van der Waals surface area contributed by atoms with E-state index in [2.05, 4.69) is 0 Å². The fourth-order valence-electron chi connectivity index (χ4n) is 1.22. The lowest BCUT2D eigenvalue weighted by Crippen LogP contribution is -1.96. The first-order valence-electron chi connectivity index (χ1n) is 4.70. The summed E-state index contributed by atoms with van der Waals surface area (Å²) in [5.74, 6) is -0.185. The molecule has 1 aromatic rings. The Morgan fingerprint density at radius 1 is 1.43 bits per heavy atom. The SMILES string of the molecule is CC.CC1=C(c2cccs2)C(=O)OC1. The second-order valence-electron chi connectivity index (χ2n) is 2.71. The molecule has 76 valence electrons. The third kappa shape index (κ3) is 2.04. The van der Waals surface area contributed by atoms with Crippen molar-refractivity contribution >= 4 is 22.9 Å². The zero-order valence-corrected chi connectivity index (χ0v) is 9.48. The maximum atomic E-state index is 11.2. The number of hydrogen-bond acceptors (Lipinski definition) is 3. The molecule has 1 aliphatic heterocycles. The number of carbonyl (C=O) groups excluding carboxylic acids is 1. The van der Waals surface area contributed by atoms with Crippen LogP contribution in [0.15, 0.2) is 23.1 Å². The van der Waals surface area contributed by atoms with Crippen molar-refractivity contribution in [2.75, 3.05) is 6.61 Å². The molecule has 2 rings (SSSR count). The fraction of sp³-hybridized carbons (Fsp3) is 0.364. The summed E-state index contributed by atoms with van der Waals surface area (Å²) in [6.07, 6.45) is 0. The molecule has 0 saturated heterocycles. The summed E-state index contributed by atoms with van der Waals surface area (Å²) in [7, 11) is 0. The van der Waals surface area contributed by atoms with Crippen LogP contribution in [0.4, 0.5) is 0 Å². The number of esters is 1. The van der Waals surface area contributed by atoms with Crippen LogP contribution in [0.5, 0.6) is 0 Å². The topological polar surface area (TPSA) is 26.3 Å². The van der Waals surface area contributed by atoms with E-state index in [1.54, 1.807) is 11.3 Å². The second kappa shape index (κ2) is 4.96. The first-order valence-corrected chi connectivity index (χ1v) is 5.58. The van der Waals surface area contributed by atoms with Gasteiger partial charge in [-0.05, 0) is 23.9 Å². The van der Waals surface area contributed by atoms with Gasteiger partial charge in [0.2, 0.25) is 0 Å². The Bertz CT molecular complexity index is 336. The van der Waals surface area contributed by atoms with Crippen LogP contribution in [0.25, 0.3) is 5.57 Å². The number of cyclic esters (lactones) is 1. The second-order valence-corrected chi connectivity index (χ2v) is 3.66. The molecule has 1 aliphatic rings. The normalized spacial score (nSPS) is 14.9.